The number of aliphatic hydroxyl groups excluding tert-OH is 1. The first-order valence-electron chi connectivity index (χ1n) is 21.1. The standard InChI is InChI=1S/C44H63N5O11/c1-11-34-44(8,54)39-26(4)35-24(2)19-43(7,38(27(5)36(50)28(6)41(53)58-34)59-42-37(51)32(48(9)10)17-25(3)57-42)56-22-30(21-55-39)47-60-33(40(52)46-35)18-29-20-49(23-45-29)31-15-13-12-14-16-31/h12-16,20,23-28,32-34,37-39,42,51,54H,11,17-19,21-22H2,1-10H3/b46-35?,47-30+/t24-,25-,26-,27+,28-,32+,33?,34-,37-,38-,39+,42+,43-,44-/m1/s1. The van der Waals surface area contributed by atoms with Gasteiger partial charge >= 0.3 is 5.97 Å². The van der Waals surface area contributed by atoms with Crippen molar-refractivity contribution >= 4 is 29.1 Å². The number of fused-ring (bicyclic) bond motifs is 4. The zero-order valence-electron chi connectivity index (χ0n) is 36.5. The first-order valence-corrected chi connectivity index (χ1v) is 21.1. The Morgan fingerprint density at radius 3 is 2.42 bits per heavy atom. The van der Waals surface area contributed by atoms with Gasteiger partial charge in [-0.05, 0) is 79.1 Å². The molecular formula is C44H63N5O11. The van der Waals surface area contributed by atoms with Gasteiger partial charge < -0.3 is 48.2 Å². The van der Waals surface area contributed by atoms with Crippen molar-refractivity contribution in [3.63, 3.8) is 0 Å². The number of aliphatic hydroxyl groups is 2. The van der Waals surface area contributed by atoms with Gasteiger partial charge in [0.25, 0.3) is 5.91 Å². The number of hydrogen-bond acceptors (Lipinski definition) is 14. The molecule has 16 heteroatoms. The fraction of sp³-hybridized carbons (Fsp3) is 0.682. The highest BCUT2D eigenvalue weighted by Crippen LogP contribution is 2.40. The molecule has 1 aromatic heterocycles. The molecule has 0 saturated carbocycles. The third-order valence-corrected chi connectivity index (χ3v) is 12.7. The van der Waals surface area contributed by atoms with Crippen LogP contribution in [0.15, 0.2) is 53.0 Å². The number of aliphatic imine (C=N–C) groups is 1. The molecule has 2 N–H and O–H groups in total. The van der Waals surface area contributed by atoms with Crippen molar-refractivity contribution in [1.82, 2.24) is 14.5 Å². The second kappa shape index (κ2) is 18.6. The van der Waals surface area contributed by atoms with E-state index in [-0.39, 0.29) is 50.3 Å². The molecule has 14 atom stereocenters. The summed E-state index contributed by atoms with van der Waals surface area (Å²) < 4.78 is 34.3. The summed E-state index contributed by atoms with van der Waals surface area (Å²) in [5, 5.41) is 28.5. The fourth-order valence-electron chi connectivity index (χ4n) is 9.33. The van der Waals surface area contributed by atoms with E-state index in [2.05, 4.69) is 10.1 Å². The molecule has 60 heavy (non-hydrogen) atoms. The third kappa shape index (κ3) is 9.59. The van der Waals surface area contributed by atoms with Crippen molar-refractivity contribution in [3.8, 4) is 5.69 Å². The van der Waals surface area contributed by atoms with Gasteiger partial charge in [-0.3, -0.25) is 14.4 Å². The Balaban J connectivity index is 1.48. The molecule has 6 rings (SSSR count). The van der Waals surface area contributed by atoms with E-state index in [0.717, 1.165) is 5.69 Å². The summed E-state index contributed by atoms with van der Waals surface area (Å²) in [6, 6.07) is 9.34. The predicted molar refractivity (Wildman–Crippen MR) is 220 cm³/mol. The van der Waals surface area contributed by atoms with E-state index in [1.807, 2.05) is 80.9 Å². The number of esters is 1. The zero-order valence-corrected chi connectivity index (χ0v) is 36.5. The van der Waals surface area contributed by atoms with Crippen LogP contribution in [-0.4, -0.2) is 141 Å². The molecular weight excluding hydrogens is 775 g/mol. The van der Waals surface area contributed by atoms with Crippen LogP contribution in [0.25, 0.3) is 5.69 Å². The molecule has 0 spiro atoms. The number of carbonyl (C=O) groups excluding carboxylic acids is 3. The largest absolute Gasteiger partial charge is 0.459 e. The Morgan fingerprint density at radius 1 is 1.02 bits per heavy atom. The van der Waals surface area contributed by atoms with Crippen molar-refractivity contribution in [2.24, 2.45) is 33.8 Å². The number of para-hydroxylation sites is 1. The molecule has 3 fully saturated rings. The van der Waals surface area contributed by atoms with E-state index in [0.29, 0.717) is 17.8 Å². The number of rotatable bonds is 7. The van der Waals surface area contributed by atoms with Crippen molar-refractivity contribution in [1.29, 1.82) is 0 Å². The second-order valence-electron chi connectivity index (χ2n) is 17.8. The van der Waals surface area contributed by atoms with Crippen LogP contribution in [0.3, 0.4) is 0 Å². The van der Waals surface area contributed by atoms with Crippen LogP contribution in [0, 0.1) is 23.7 Å². The van der Waals surface area contributed by atoms with Gasteiger partial charge in [-0.15, -0.1) is 0 Å². The van der Waals surface area contributed by atoms with Crippen molar-refractivity contribution in [3.05, 3.63) is 48.5 Å². The van der Waals surface area contributed by atoms with Gasteiger partial charge in [-0.2, -0.15) is 0 Å². The molecule has 3 saturated heterocycles. The van der Waals surface area contributed by atoms with Gasteiger partial charge in [0.05, 0.1) is 49.1 Å². The van der Waals surface area contributed by atoms with Crippen LogP contribution in [0.5, 0.6) is 0 Å². The highest BCUT2D eigenvalue weighted by molar-refractivity contribution is 6.01. The molecule has 0 radical (unpaired) electrons. The lowest BCUT2D eigenvalue weighted by molar-refractivity contribution is -0.296. The summed E-state index contributed by atoms with van der Waals surface area (Å²) in [5.74, 6) is -5.50. The average molecular weight is 838 g/mol. The molecule has 16 nitrogen and oxygen atoms in total. The van der Waals surface area contributed by atoms with Gasteiger partial charge in [0.15, 0.2) is 12.1 Å². The number of amides is 1. The SMILES string of the molecule is CC[C@H]1OC(=O)[C@H](C)C(=O)[C@H](C)[C@@H](O[C@@H]2O[C@H](C)C[C@H](N(C)C)[C@H]2O)[C@@]2(C)C[C@@H](C)C3=NC(=O)C(Cc4cn(-c5ccccc5)cn4)O/N=C(\CO[C@@H]([C@@H]3C)[C@]1(C)O)CO2. The number of imidazole rings is 1. The van der Waals surface area contributed by atoms with Crippen LogP contribution in [0.1, 0.15) is 80.3 Å². The van der Waals surface area contributed by atoms with Crippen LogP contribution in [0.2, 0.25) is 0 Å². The lowest BCUT2D eigenvalue weighted by atomic mass is 9.73. The Hall–Kier alpha value is -3.90. The summed E-state index contributed by atoms with van der Waals surface area (Å²) in [7, 11) is 3.74. The van der Waals surface area contributed by atoms with Crippen LogP contribution in [-0.2, 0) is 49.3 Å². The highest BCUT2D eigenvalue weighted by atomic mass is 16.7. The number of Topliss-reactive ketones (excluding diaryl/α,β-unsaturated/α-hetero) is 1. The first kappa shape index (κ1) is 45.6. The number of hydrogen-bond donors (Lipinski definition) is 2. The smallest absolute Gasteiger partial charge is 0.316 e. The Bertz CT molecular complexity index is 1900. The van der Waals surface area contributed by atoms with Gasteiger partial charge in [-0.1, -0.05) is 51.0 Å². The fourth-order valence-corrected chi connectivity index (χ4v) is 9.33. The monoisotopic (exact) mass is 837 g/mol. The third-order valence-electron chi connectivity index (χ3n) is 12.7. The summed E-state index contributed by atoms with van der Waals surface area (Å²) >= 11 is 0. The normalized spacial score (nSPS) is 39.5. The van der Waals surface area contributed by atoms with E-state index in [9.17, 15) is 24.6 Å². The number of oxime groups is 1. The minimum absolute atomic E-state index is 0.0488. The average Bonchev–Trinajstić information content (AvgIpc) is 3.67. The molecule has 0 aliphatic carbocycles. The van der Waals surface area contributed by atoms with Crippen molar-refractivity contribution < 1.29 is 53.1 Å². The van der Waals surface area contributed by atoms with E-state index in [1.165, 1.54) is 13.8 Å². The molecule has 1 amide bonds. The Labute approximate surface area is 352 Å². The maximum Gasteiger partial charge on any atom is 0.316 e. The molecule has 2 aromatic rings. The number of aromatic nitrogens is 2. The minimum Gasteiger partial charge on any atom is -0.459 e. The molecule has 4 bridgehead atoms. The van der Waals surface area contributed by atoms with Crippen LogP contribution >= 0.6 is 0 Å². The first-order chi connectivity index (χ1) is 28.3. The number of likely N-dealkylation sites (N-methyl/N-ethyl adjacent to an activating group) is 1. The minimum atomic E-state index is -1.84. The maximum atomic E-state index is 14.5. The van der Waals surface area contributed by atoms with Crippen LogP contribution < -0.4 is 0 Å². The van der Waals surface area contributed by atoms with E-state index in [4.69, 9.17) is 33.5 Å². The number of cyclic esters (lactones) is 1. The molecule has 4 aliphatic heterocycles. The molecule has 5 heterocycles. The Kier molecular flexibility index (Phi) is 14.1. The van der Waals surface area contributed by atoms with E-state index < -0.39 is 89.3 Å². The lowest BCUT2D eigenvalue weighted by Crippen LogP contribution is -2.60. The van der Waals surface area contributed by atoms with Gasteiger partial charge in [-0.25, -0.2) is 9.98 Å². The molecule has 330 valence electrons. The molecule has 1 aromatic carbocycles. The van der Waals surface area contributed by atoms with Gasteiger partial charge in [0.1, 0.15) is 29.4 Å². The zero-order chi connectivity index (χ0) is 43.7. The molecule has 1 unspecified atom stereocenters. The maximum absolute atomic E-state index is 14.5. The number of ketones is 1. The summed E-state index contributed by atoms with van der Waals surface area (Å²) in [5.41, 5.74) is -1.14. The number of carbonyl (C=O) groups is 3. The summed E-state index contributed by atoms with van der Waals surface area (Å²) in [6.07, 6.45) is -2.67. The Morgan fingerprint density at radius 2 is 1.73 bits per heavy atom. The topological polar surface area (TPSA) is 193 Å². The number of nitrogens with zero attached hydrogens (tertiary/aromatic N) is 5. The van der Waals surface area contributed by atoms with Crippen LogP contribution in [0.4, 0.5) is 0 Å². The highest BCUT2D eigenvalue weighted by Gasteiger charge is 2.53. The summed E-state index contributed by atoms with van der Waals surface area (Å²) in [4.78, 5) is 60.1. The number of ether oxygens (including phenoxy) is 5. The van der Waals surface area contributed by atoms with E-state index in [1.54, 1.807) is 27.1 Å². The number of benzene rings is 1. The summed E-state index contributed by atoms with van der Waals surface area (Å²) in [6.45, 7) is 13.4. The van der Waals surface area contributed by atoms with E-state index >= 15 is 0 Å². The quantitative estimate of drug-likeness (QED) is 0.303. The van der Waals surface area contributed by atoms with Gasteiger partial charge in [0, 0.05) is 41.9 Å². The van der Waals surface area contributed by atoms with Gasteiger partial charge in [0.2, 0.25) is 6.10 Å². The van der Waals surface area contributed by atoms with Crippen molar-refractivity contribution in [2.45, 2.75) is 141 Å². The lowest BCUT2D eigenvalue weighted by Gasteiger charge is -2.47. The second-order valence-corrected chi connectivity index (χ2v) is 17.8. The van der Waals surface area contributed by atoms with Crippen molar-refractivity contribution in [2.75, 3.05) is 27.3 Å². The predicted octanol–water partition coefficient (Wildman–Crippen LogP) is 3.71. The molecule has 4 aliphatic rings.